The molecule has 1 aliphatic rings. The molecule has 1 fully saturated rings. The fraction of sp³-hybridized carbons (Fsp3) is 0.481. The molecular formula is C27H37N3O4S. The first-order valence-electron chi connectivity index (χ1n) is 12.3. The van der Waals surface area contributed by atoms with Gasteiger partial charge in [0.2, 0.25) is 21.8 Å². The Labute approximate surface area is 209 Å². The Morgan fingerprint density at radius 1 is 1.06 bits per heavy atom. The second-order valence-electron chi connectivity index (χ2n) is 9.47. The van der Waals surface area contributed by atoms with Gasteiger partial charge in [-0.05, 0) is 61.9 Å². The molecule has 3 rings (SSSR count). The topological polar surface area (TPSA) is 86.8 Å². The number of benzene rings is 2. The fourth-order valence-electron chi connectivity index (χ4n) is 4.65. The minimum Gasteiger partial charge on any atom is -0.352 e. The van der Waals surface area contributed by atoms with Crippen LogP contribution in [0.1, 0.15) is 55.7 Å². The Morgan fingerprint density at radius 2 is 1.74 bits per heavy atom. The molecular weight excluding hydrogens is 462 g/mol. The van der Waals surface area contributed by atoms with Crippen LogP contribution in [0.15, 0.2) is 48.5 Å². The number of hydrogen-bond donors (Lipinski definition) is 1. The number of carbonyl (C=O) groups excluding carboxylic acids is 2. The third kappa shape index (κ3) is 7.07. The van der Waals surface area contributed by atoms with E-state index in [1.807, 2.05) is 51.1 Å². The molecule has 1 N–H and O–H groups in total. The molecule has 2 aromatic carbocycles. The van der Waals surface area contributed by atoms with Crippen LogP contribution in [0.25, 0.3) is 0 Å². The SMILES string of the molecule is CC[C@H](C(=O)NC1CCCC1)N(Cc1ccccc1C)C(=O)CN(c1cccc(C)c1)S(C)(=O)=O. The van der Waals surface area contributed by atoms with Gasteiger partial charge in [-0.3, -0.25) is 13.9 Å². The highest BCUT2D eigenvalue weighted by Crippen LogP contribution is 2.22. The zero-order valence-electron chi connectivity index (χ0n) is 21.2. The average Bonchev–Trinajstić information content (AvgIpc) is 3.30. The zero-order chi connectivity index (χ0) is 25.6. The predicted octanol–water partition coefficient (Wildman–Crippen LogP) is 3.94. The molecule has 0 aromatic heterocycles. The highest BCUT2D eigenvalue weighted by atomic mass is 32.2. The van der Waals surface area contributed by atoms with Crippen molar-refractivity contribution in [2.75, 3.05) is 17.1 Å². The van der Waals surface area contributed by atoms with Gasteiger partial charge < -0.3 is 10.2 Å². The lowest BCUT2D eigenvalue weighted by atomic mass is 10.1. The Hall–Kier alpha value is -2.87. The summed E-state index contributed by atoms with van der Waals surface area (Å²) in [5, 5.41) is 3.12. The second kappa shape index (κ2) is 11.7. The molecule has 35 heavy (non-hydrogen) atoms. The number of sulfonamides is 1. The predicted molar refractivity (Wildman–Crippen MR) is 140 cm³/mol. The zero-order valence-corrected chi connectivity index (χ0v) is 22.0. The van der Waals surface area contributed by atoms with Crippen LogP contribution < -0.4 is 9.62 Å². The van der Waals surface area contributed by atoms with Crippen LogP contribution in [-0.4, -0.2) is 50.0 Å². The first-order valence-corrected chi connectivity index (χ1v) is 14.1. The van der Waals surface area contributed by atoms with Gasteiger partial charge in [-0.25, -0.2) is 8.42 Å². The summed E-state index contributed by atoms with van der Waals surface area (Å²) in [6, 6.07) is 14.2. The minimum atomic E-state index is -3.73. The van der Waals surface area contributed by atoms with E-state index in [1.165, 1.54) is 0 Å². The minimum absolute atomic E-state index is 0.131. The quantitative estimate of drug-likeness (QED) is 0.537. The summed E-state index contributed by atoms with van der Waals surface area (Å²) in [4.78, 5) is 28.6. The number of carbonyl (C=O) groups is 2. The number of anilines is 1. The van der Waals surface area contributed by atoms with Crippen molar-refractivity contribution in [2.24, 2.45) is 0 Å². The molecule has 7 nitrogen and oxygen atoms in total. The Balaban J connectivity index is 1.93. The van der Waals surface area contributed by atoms with Gasteiger partial charge in [0.25, 0.3) is 0 Å². The van der Waals surface area contributed by atoms with Crippen molar-refractivity contribution in [1.82, 2.24) is 10.2 Å². The van der Waals surface area contributed by atoms with Crippen molar-refractivity contribution in [3.05, 3.63) is 65.2 Å². The van der Waals surface area contributed by atoms with Gasteiger partial charge in [-0.15, -0.1) is 0 Å². The number of aryl methyl sites for hydroxylation is 2. The Morgan fingerprint density at radius 3 is 2.34 bits per heavy atom. The van der Waals surface area contributed by atoms with Gasteiger partial charge in [0, 0.05) is 12.6 Å². The smallest absolute Gasteiger partial charge is 0.244 e. The number of nitrogens with one attached hydrogen (secondary N) is 1. The summed E-state index contributed by atoms with van der Waals surface area (Å²) in [6.07, 6.45) is 5.60. The largest absolute Gasteiger partial charge is 0.352 e. The van der Waals surface area contributed by atoms with Crippen molar-refractivity contribution in [2.45, 2.75) is 71.5 Å². The van der Waals surface area contributed by atoms with E-state index in [-0.39, 0.29) is 25.0 Å². The maximum atomic E-state index is 13.8. The lowest BCUT2D eigenvalue weighted by molar-refractivity contribution is -0.140. The number of rotatable bonds is 10. The summed E-state index contributed by atoms with van der Waals surface area (Å²) < 4.78 is 26.5. The highest BCUT2D eigenvalue weighted by molar-refractivity contribution is 7.92. The molecule has 0 radical (unpaired) electrons. The van der Waals surface area contributed by atoms with Crippen LogP contribution in [0.4, 0.5) is 5.69 Å². The van der Waals surface area contributed by atoms with Gasteiger partial charge in [0.15, 0.2) is 0 Å². The average molecular weight is 500 g/mol. The number of amides is 2. The van der Waals surface area contributed by atoms with E-state index in [0.29, 0.717) is 12.1 Å². The van der Waals surface area contributed by atoms with Crippen molar-refractivity contribution in [1.29, 1.82) is 0 Å². The molecule has 0 bridgehead atoms. The van der Waals surface area contributed by atoms with E-state index in [4.69, 9.17) is 0 Å². The molecule has 8 heteroatoms. The van der Waals surface area contributed by atoms with Crippen LogP contribution in [0.3, 0.4) is 0 Å². The van der Waals surface area contributed by atoms with Crippen LogP contribution >= 0.6 is 0 Å². The normalized spacial score (nSPS) is 15.0. The van der Waals surface area contributed by atoms with E-state index in [0.717, 1.165) is 52.9 Å². The monoisotopic (exact) mass is 499 g/mol. The first kappa shape index (κ1) is 26.7. The molecule has 1 saturated carbocycles. The van der Waals surface area contributed by atoms with E-state index < -0.39 is 22.0 Å². The lowest BCUT2D eigenvalue weighted by Crippen LogP contribution is -2.53. The molecule has 0 heterocycles. The van der Waals surface area contributed by atoms with Gasteiger partial charge in [-0.1, -0.05) is 56.2 Å². The van der Waals surface area contributed by atoms with Gasteiger partial charge in [0.1, 0.15) is 12.6 Å². The van der Waals surface area contributed by atoms with Crippen molar-refractivity contribution < 1.29 is 18.0 Å². The first-order chi connectivity index (χ1) is 16.6. The molecule has 0 unspecified atom stereocenters. The van der Waals surface area contributed by atoms with Crippen LogP contribution in [-0.2, 0) is 26.2 Å². The third-order valence-corrected chi connectivity index (χ3v) is 7.80. The van der Waals surface area contributed by atoms with Crippen molar-refractivity contribution in [3.8, 4) is 0 Å². The summed E-state index contributed by atoms with van der Waals surface area (Å²) in [7, 11) is -3.73. The highest BCUT2D eigenvalue weighted by Gasteiger charge is 2.33. The molecule has 0 spiro atoms. The number of hydrogen-bond acceptors (Lipinski definition) is 4. The van der Waals surface area contributed by atoms with E-state index in [9.17, 15) is 18.0 Å². The lowest BCUT2D eigenvalue weighted by Gasteiger charge is -2.33. The summed E-state index contributed by atoms with van der Waals surface area (Å²) in [5.74, 6) is -0.587. The van der Waals surface area contributed by atoms with Gasteiger partial charge >= 0.3 is 0 Å². The van der Waals surface area contributed by atoms with E-state index in [1.54, 1.807) is 23.1 Å². The van der Waals surface area contributed by atoms with Crippen molar-refractivity contribution in [3.63, 3.8) is 0 Å². The molecule has 1 atom stereocenters. The van der Waals surface area contributed by atoms with Crippen molar-refractivity contribution >= 4 is 27.5 Å². The Kier molecular flexibility index (Phi) is 8.94. The fourth-order valence-corrected chi connectivity index (χ4v) is 5.50. The summed E-state index contributed by atoms with van der Waals surface area (Å²) >= 11 is 0. The van der Waals surface area contributed by atoms with E-state index in [2.05, 4.69) is 5.32 Å². The van der Waals surface area contributed by atoms with Crippen LogP contribution in [0, 0.1) is 13.8 Å². The Bertz CT molecular complexity index is 1140. The molecule has 1 aliphatic carbocycles. The molecule has 2 aromatic rings. The third-order valence-electron chi connectivity index (χ3n) is 6.66. The molecule has 0 saturated heterocycles. The number of nitrogens with zero attached hydrogens (tertiary/aromatic N) is 2. The van der Waals surface area contributed by atoms with Gasteiger partial charge in [-0.2, -0.15) is 0 Å². The summed E-state index contributed by atoms with van der Waals surface area (Å²) in [5.41, 5.74) is 3.26. The maximum absolute atomic E-state index is 13.8. The maximum Gasteiger partial charge on any atom is 0.244 e. The molecule has 0 aliphatic heterocycles. The van der Waals surface area contributed by atoms with E-state index >= 15 is 0 Å². The molecule has 190 valence electrons. The summed E-state index contributed by atoms with van der Waals surface area (Å²) in [6.45, 7) is 5.57. The second-order valence-corrected chi connectivity index (χ2v) is 11.4. The van der Waals surface area contributed by atoms with Gasteiger partial charge in [0.05, 0.1) is 11.9 Å². The van der Waals surface area contributed by atoms with Crippen LogP contribution in [0.5, 0.6) is 0 Å². The van der Waals surface area contributed by atoms with Crippen LogP contribution in [0.2, 0.25) is 0 Å². The standard InChI is InChI=1S/C27H37N3O4S/c1-5-25(27(32)28-23-14-8-9-15-23)29(18-22-13-7-6-12-21(22)3)26(31)19-30(35(4,33)34)24-16-10-11-20(2)17-24/h6-7,10-13,16-17,23,25H,5,8-9,14-15,18-19H2,1-4H3,(H,28,32)/t25-/m1/s1. The molecule has 2 amide bonds.